The van der Waals surface area contributed by atoms with E-state index in [9.17, 15) is 14.7 Å². The van der Waals surface area contributed by atoms with Gasteiger partial charge >= 0.3 is 6.03 Å². The van der Waals surface area contributed by atoms with Crippen molar-refractivity contribution in [1.29, 1.82) is 0 Å². The van der Waals surface area contributed by atoms with E-state index in [2.05, 4.69) is 5.32 Å². The number of nitrogens with one attached hydrogen (secondary N) is 1. The fourth-order valence-electron chi connectivity index (χ4n) is 2.97. The van der Waals surface area contributed by atoms with E-state index in [0.717, 1.165) is 23.3 Å². The number of aliphatic hydroxyl groups excluding tert-OH is 1. The molecule has 1 saturated heterocycles. The van der Waals surface area contributed by atoms with E-state index in [4.69, 9.17) is 4.74 Å². The zero-order valence-electron chi connectivity index (χ0n) is 13.2. The SMILES string of the molecule is C[C@]1(C2CC2)NC(=O)N(C[C@@H](O)COCc2ccccc2)C1=O. The number of urea groups is 1. The van der Waals surface area contributed by atoms with E-state index in [0.29, 0.717) is 6.61 Å². The second kappa shape index (κ2) is 6.29. The number of benzene rings is 1. The molecule has 0 bridgehead atoms. The van der Waals surface area contributed by atoms with Crippen LogP contribution in [-0.2, 0) is 16.1 Å². The first-order valence-electron chi connectivity index (χ1n) is 7.94. The molecular weight excluding hydrogens is 296 g/mol. The monoisotopic (exact) mass is 318 g/mol. The van der Waals surface area contributed by atoms with Gasteiger partial charge in [0.15, 0.2) is 0 Å². The summed E-state index contributed by atoms with van der Waals surface area (Å²) < 4.78 is 5.45. The zero-order chi connectivity index (χ0) is 16.4. The predicted octanol–water partition coefficient (Wildman–Crippen LogP) is 1.28. The molecule has 3 amide bonds. The van der Waals surface area contributed by atoms with Crippen molar-refractivity contribution < 1.29 is 19.4 Å². The minimum absolute atomic E-state index is 0.0399. The Labute approximate surface area is 135 Å². The summed E-state index contributed by atoms with van der Waals surface area (Å²) in [6, 6.07) is 9.21. The Kier molecular flexibility index (Phi) is 4.37. The quantitative estimate of drug-likeness (QED) is 0.743. The van der Waals surface area contributed by atoms with Crippen LogP contribution in [0.1, 0.15) is 25.3 Å². The molecule has 2 atom stereocenters. The molecule has 124 valence electrons. The normalized spacial score (nSPS) is 25.6. The highest BCUT2D eigenvalue weighted by atomic mass is 16.5. The third kappa shape index (κ3) is 3.38. The molecule has 1 aromatic rings. The first kappa shape index (κ1) is 16.0. The Bertz CT molecular complexity index is 588. The lowest BCUT2D eigenvalue weighted by molar-refractivity contribution is -0.132. The summed E-state index contributed by atoms with van der Waals surface area (Å²) in [6.07, 6.45) is 1.02. The molecule has 6 nitrogen and oxygen atoms in total. The maximum Gasteiger partial charge on any atom is 0.325 e. The second-order valence-electron chi connectivity index (χ2n) is 6.48. The number of ether oxygens (including phenoxy) is 1. The van der Waals surface area contributed by atoms with E-state index < -0.39 is 17.7 Å². The molecule has 23 heavy (non-hydrogen) atoms. The summed E-state index contributed by atoms with van der Waals surface area (Å²) >= 11 is 0. The van der Waals surface area contributed by atoms with Gasteiger partial charge in [0, 0.05) is 0 Å². The highest BCUT2D eigenvalue weighted by Crippen LogP contribution is 2.42. The molecule has 2 aliphatic rings. The lowest BCUT2D eigenvalue weighted by Gasteiger charge is -2.22. The Hall–Kier alpha value is -1.92. The third-order valence-electron chi connectivity index (χ3n) is 4.51. The van der Waals surface area contributed by atoms with Crippen LogP contribution in [0.2, 0.25) is 0 Å². The number of hydrogen-bond donors (Lipinski definition) is 2. The molecule has 1 heterocycles. The topological polar surface area (TPSA) is 78.9 Å². The molecule has 0 spiro atoms. The van der Waals surface area contributed by atoms with Crippen LogP contribution in [-0.4, -0.2) is 46.7 Å². The van der Waals surface area contributed by atoms with Crippen LogP contribution in [0, 0.1) is 5.92 Å². The summed E-state index contributed by atoms with van der Waals surface area (Å²) in [5.74, 6) is -0.0254. The van der Waals surface area contributed by atoms with Crippen LogP contribution in [0.4, 0.5) is 4.79 Å². The standard InChI is InChI=1S/C17H22N2O4/c1-17(13-7-8-13)15(21)19(16(22)18-17)9-14(20)11-23-10-12-5-3-2-4-6-12/h2-6,13-14,20H,7-11H2,1H3,(H,18,22)/t14-,17-/m1/s1. The average Bonchev–Trinajstić information content (AvgIpc) is 3.35. The van der Waals surface area contributed by atoms with Gasteiger partial charge in [-0.25, -0.2) is 4.79 Å². The highest BCUT2D eigenvalue weighted by Gasteiger charge is 2.56. The van der Waals surface area contributed by atoms with E-state index in [1.54, 1.807) is 6.92 Å². The van der Waals surface area contributed by atoms with Crippen molar-refractivity contribution in [2.45, 2.75) is 38.0 Å². The van der Waals surface area contributed by atoms with Gasteiger partial charge in [-0.3, -0.25) is 9.69 Å². The minimum Gasteiger partial charge on any atom is -0.389 e. The fourth-order valence-corrected chi connectivity index (χ4v) is 2.97. The van der Waals surface area contributed by atoms with Crippen molar-refractivity contribution in [2.24, 2.45) is 5.92 Å². The molecule has 0 radical (unpaired) electrons. The molecule has 6 heteroatoms. The van der Waals surface area contributed by atoms with E-state index in [-0.39, 0.29) is 25.0 Å². The van der Waals surface area contributed by atoms with Gasteiger partial charge in [-0.2, -0.15) is 0 Å². The molecule has 1 aromatic carbocycles. The molecule has 1 aliphatic heterocycles. The van der Waals surface area contributed by atoms with Crippen molar-refractivity contribution in [3.63, 3.8) is 0 Å². The lowest BCUT2D eigenvalue weighted by atomic mass is 9.96. The zero-order valence-corrected chi connectivity index (χ0v) is 13.2. The number of hydrogen-bond acceptors (Lipinski definition) is 4. The molecule has 1 saturated carbocycles. The van der Waals surface area contributed by atoms with Gasteiger partial charge in [0.2, 0.25) is 0 Å². The van der Waals surface area contributed by atoms with Gasteiger partial charge in [-0.15, -0.1) is 0 Å². The molecule has 2 N–H and O–H groups in total. The van der Waals surface area contributed by atoms with Crippen LogP contribution in [0.3, 0.4) is 0 Å². The van der Waals surface area contributed by atoms with Crippen LogP contribution >= 0.6 is 0 Å². The smallest absolute Gasteiger partial charge is 0.325 e. The first-order valence-corrected chi connectivity index (χ1v) is 7.94. The van der Waals surface area contributed by atoms with Crippen LogP contribution in [0.15, 0.2) is 30.3 Å². The highest BCUT2D eigenvalue weighted by molar-refractivity contribution is 6.07. The van der Waals surface area contributed by atoms with Gasteiger partial charge in [0.05, 0.1) is 25.9 Å². The number of nitrogens with zero attached hydrogens (tertiary/aromatic N) is 1. The third-order valence-corrected chi connectivity index (χ3v) is 4.51. The van der Waals surface area contributed by atoms with Crippen LogP contribution in [0.25, 0.3) is 0 Å². The number of carbonyl (C=O) groups is 2. The van der Waals surface area contributed by atoms with E-state index in [1.807, 2.05) is 30.3 Å². The van der Waals surface area contributed by atoms with Crippen LogP contribution in [0.5, 0.6) is 0 Å². The van der Waals surface area contributed by atoms with Crippen molar-refractivity contribution in [3.05, 3.63) is 35.9 Å². The Morgan fingerprint density at radius 1 is 1.35 bits per heavy atom. The summed E-state index contributed by atoms with van der Waals surface area (Å²) in [6.45, 7) is 2.19. The molecule has 2 fully saturated rings. The van der Waals surface area contributed by atoms with Crippen molar-refractivity contribution in [2.75, 3.05) is 13.2 Å². The number of rotatable bonds is 7. The first-order chi connectivity index (χ1) is 11.0. The summed E-state index contributed by atoms with van der Waals surface area (Å²) in [5.41, 5.74) is 0.206. The van der Waals surface area contributed by atoms with Crippen molar-refractivity contribution >= 4 is 11.9 Å². The average molecular weight is 318 g/mol. The number of aliphatic hydroxyl groups is 1. The van der Waals surface area contributed by atoms with Gasteiger partial charge in [0.1, 0.15) is 5.54 Å². The largest absolute Gasteiger partial charge is 0.389 e. The molecule has 0 unspecified atom stereocenters. The Morgan fingerprint density at radius 2 is 2.04 bits per heavy atom. The van der Waals surface area contributed by atoms with E-state index in [1.165, 1.54) is 0 Å². The van der Waals surface area contributed by atoms with Gasteiger partial charge in [-0.1, -0.05) is 30.3 Å². The van der Waals surface area contributed by atoms with Gasteiger partial charge in [0.25, 0.3) is 5.91 Å². The predicted molar refractivity (Wildman–Crippen MR) is 83.5 cm³/mol. The fraction of sp³-hybridized carbons (Fsp3) is 0.529. The Morgan fingerprint density at radius 3 is 2.70 bits per heavy atom. The van der Waals surface area contributed by atoms with Gasteiger partial charge < -0.3 is 15.2 Å². The van der Waals surface area contributed by atoms with E-state index >= 15 is 0 Å². The summed E-state index contributed by atoms with van der Waals surface area (Å²) in [5, 5.41) is 12.8. The Balaban J connectivity index is 1.48. The lowest BCUT2D eigenvalue weighted by Crippen LogP contribution is -2.46. The molecular formula is C17H22N2O4. The number of carbonyl (C=O) groups excluding carboxylic acids is 2. The number of β-amino-alcohol motifs (C(OH)–C–C–N with tert-alkyl or cyclic N) is 1. The maximum absolute atomic E-state index is 12.4. The maximum atomic E-state index is 12.4. The molecule has 3 rings (SSSR count). The summed E-state index contributed by atoms with van der Waals surface area (Å²) in [7, 11) is 0. The summed E-state index contributed by atoms with van der Waals surface area (Å²) in [4.78, 5) is 25.6. The number of amides is 3. The minimum atomic E-state index is -0.894. The van der Waals surface area contributed by atoms with Crippen molar-refractivity contribution in [3.8, 4) is 0 Å². The molecule has 0 aromatic heterocycles. The van der Waals surface area contributed by atoms with Gasteiger partial charge in [-0.05, 0) is 31.2 Å². The second-order valence-corrected chi connectivity index (χ2v) is 6.48. The molecule has 1 aliphatic carbocycles. The van der Waals surface area contributed by atoms with Crippen molar-refractivity contribution in [1.82, 2.24) is 10.2 Å². The number of imide groups is 1. The van der Waals surface area contributed by atoms with Crippen LogP contribution < -0.4 is 5.32 Å².